The van der Waals surface area contributed by atoms with E-state index in [1.165, 1.54) is 23.0 Å². The predicted octanol–water partition coefficient (Wildman–Crippen LogP) is 6.23. The highest BCUT2D eigenvalue weighted by atomic mass is 79.9. The highest BCUT2D eigenvalue weighted by Crippen LogP contribution is 2.33. The summed E-state index contributed by atoms with van der Waals surface area (Å²) in [5.41, 5.74) is 0.340. The van der Waals surface area contributed by atoms with Crippen molar-refractivity contribution in [3.8, 4) is 5.82 Å². The lowest BCUT2D eigenvalue weighted by molar-refractivity contribution is 0.00106. The van der Waals surface area contributed by atoms with Crippen LogP contribution in [0.5, 0.6) is 0 Å². The molecular formula is C22H20Br3ClN6O4. The van der Waals surface area contributed by atoms with E-state index in [1.807, 2.05) is 6.92 Å². The molecule has 14 heteroatoms. The molecule has 0 aliphatic heterocycles. The smallest absolute Gasteiger partial charge is 0.426 e. The van der Waals surface area contributed by atoms with Gasteiger partial charge in [0.1, 0.15) is 10.3 Å². The monoisotopic (exact) mass is 704 g/mol. The number of hydrazine groups is 1. The van der Waals surface area contributed by atoms with Crippen molar-refractivity contribution in [1.82, 2.24) is 24.8 Å². The highest BCUT2D eigenvalue weighted by molar-refractivity contribution is 9.11. The van der Waals surface area contributed by atoms with Gasteiger partial charge in [0.25, 0.3) is 11.8 Å². The Labute approximate surface area is 237 Å². The fourth-order valence-electron chi connectivity index (χ4n) is 3.35. The van der Waals surface area contributed by atoms with E-state index in [0.29, 0.717) is 20.0 Å². The lowest BCUT2D eigenvalue weighted by Gasteiger charge is -2.32. The maximum atomic E-state index is 13.6. The number of aromatic nitrogens is 3. The summed E-state index contributed by atoms with van der Waals surface area (Å²) in [4.78, 5) is 43.0. The Balaban J connectivity index is 2.06. The number of hydrogen-bond acceptors (Lipinski definition) is 5. The van der Waals surface area contributed by atoms with Gasteiger partial charge in [0.05, 0.1) is 16.3 Å². The van der Waals surface area contributed by atoms with E-state index < -0.39 is 17.9 Å². The Kier molecular flexibility index (Phi) is 9.50. The van der Waals surface area contributed by atoms with Crippen molar-refractivity contribution in [3.63, 3.8) is 0 Å². The Morgan fingerprint density at radius 1 is 1.14 bits per heavy atom. The van der Waals surface area contributed by atoms with E-state index in [-0.39, 0.29) is 40.9 Å². The first-order valence-corrected chi connectivity index (χ1v) is 13.3. The van der Waals surface area contributed by atoms with Crippen molar-refractivity contribution in [3.05, 3.63) is 66.4 Å². The minimum absolute atomic E-state index is 0.0655. The number of rotatable bonds is 7. The van der Waals surface area contributed by atoms with Gasteiger partial charge < -0.3 is 10.4 Å². The number of hydrogen-bond donors (Lipinski definition) is 2. The largest absolute Gasteiger partial charge is 0.464 e. The molecule has 0 saturated heterocycles. The lowest BCUT2D eigenvalue weighted by Crippen LogP contribution is -2.49. The van der Waals surface area contributed by atoms with Crippen LogP contribution in [0.15, 0.2) is 50.1 Å². The fourth-order valence-corrected chi connectivity index (χ4v) is 5.25. The van der Waals surface area contributed by atoms with E-state index in [9.17, 15) is 19.5 Å². The van der Waals surface area contributed by atoms with Crippen LogP contribution in [-0.4, -0.2) is 60.9 Å². The molecule has 0 atom stereocenters. The van der Waals surface area contributed by atoms with Crippen molar-refractivity contribution in [1.29, 1.82) is 0 Å². The van der Waals surface area contributed by atoms with Crippen molar-refractivity contribution in [2.75, 3.05) is 18.4 Å². The van der Waals surface area contributed by atoms with E-state index in [1.54, 1.807) is 25.1 Å². The average molecular weight is 708 g/mol. The molecule has 0 unspecified atom stereocenters. The maximum Gasteiger partial charge on any atom is 0.426 e. The Hall–Kier alpha value is -2.48. The van der Waals surface area contributed by atoms with Crippen LogP contribution in [0.3, 0.4) is 0 Å². The molecule has 3 amide bonds. The summed E-state index contributed by atoms with van der Waals surface area (Å²) in [5.74, 6) is -0.948. The van der Waals surface area contributed by atoms with Gasteiger partial charge >= 0.3 is 6.09 Å². The number of halogens is 4. The van der Waals surface area contributed by atoms with Crippen LogP contribution in [0.25, 0.3) is 5.82 Å². The first kappa shape index (κ1) is 28.1. The van der Waals surface area contributed by atoms with E-state index in [2.05, 4.69) is 63.2 Å². The van der Waals surface area contributed by atoms with Crippen LogP contribution in [0.4, 0.5) is 10.5 Å². The molecule has 3 rings (SSSR count). The molecule has 190 valence electrons. The Morgan fingerprint density at radius 3 is 2.47 bits per heavy atom. The van der Waals surface area contributed by atoms with Crippen LogP contribution in [0, 0.1) is 0 Å². The molecule has 0 aliphatic carbocycles. The summed E-state index contributed by atoms with van der Waals surface area (Å²) < 4.78 is 2.61. The quantitative estimate of drug-likeness (QED) is 0.281. The molecule has 10 nitrogen and oxygen atoms in total. The number of nitrogens with one attached hydrogen (secondary N) is 1. The SMILES string of the molecule is CCCN(C(=O)c1cc(Br)cc(Br)c1NC(=O)c1cc(Br)nn1-c1ncccc1Cl)N(CC)C(=O)O. The van der Waals surface area contributed by atoms with Gasteiger partial charge in [0.15, 0.2) is 5.82 Å². The van der Waals surface area contributed by atoms with Crippen molar-refractivity contribution in [2.24, 2.45) is 0 Å². The molecule has 0 bridgehead atoms. The number of nitrogens with zero attached hydrogens (tertiary/aromatic N) is 5. The first-order chi connectivity index (χ1) is 17.1. The molecule has 0 aliphatic rings. The average Bonchev–Trinajstić information content (AvgIpc) is 3.21. The summed E-state index contributed by atoms with van der Waals surface area (Å²) in [6.45, 7) is 3.69. The Morgan fingerprint density at radius 2 is 1.86 bits per heavy atom. The van der Waals surface area contributed by atoms with Gasteiger partial charge in [-0.05, 0) is 69.5 Å². The molecule has 3 aromatic rings. The topological polar surface area (TPSA) is 121 Å². The zero-order valence-corrected chi connectivity index (χ0v) is 24.5. The number of amides is 3. The van der Waals surface area contributed by atoms with Crippen LogP contribution >= 0.6 is 59.4 Å². The number of anilines is 1. The van der Waals surface area contributed by atoms with Gasteiger partial charge in [-0.25, -0.2) is 24.5 Å². The summed E-state index contributed by atoms with van der Waals surface area (Å²) in [7, 11) is 0. The highest BCUT2D eigenvalue weighted by Gasteiger charge is 2.29. The van der Waals surface area contributed by atoms with Gasteiger partial charge in [-0.15, -0.1) is 0 Å². The second-order valence-corrected chi connectivity index (χ2v) is 10.3. The second-order valence-electron chi connectivity index (χ2n) is 7.26. The van der Waals surface area contributed by atoms with Crippen molar-refractivity contribution < 1.29 is 19.5 Å². The molecule has 2 heterocycles. The maximum absolute atomic E-state index is 13.6. The van der Waals surface area contributed by atoms with Gasteiger partial charge in [-0.2, -0.15) is 5.10 Å². The molecule has 0 saturated carbocycles. The second kappa shape index (κ2) is 12.2. The molecule has 0 radical (unpaired) electrons. The predicted molar refractivity (Wildman–Crippen MR) is 146 cm³/mol. The van der Waals surface area contributed by atoms with Crippen molar-refractivity contribution in [2.45, 2.75) is 20.3 Å². The van der Waals surface area contributed by atoms with E-state index >= 15 is 0 Å². The zero-order valence-electron chi connectivity index (χ0n) is 19.0. The first-order valence-electron chi connectivity index (χ1n) is 10.6. The third kappa shape index (κ3) is 6.07. The van der Waals surface area contributed by atoms with Crippen LogP contribution in [-0.2, 0) is 0 Å². The Bertz CT molecular complexity index is 1320. The van der Waals surface area contributed by atoms with Gasteiger partial charge in [0.2, 0.25) is 0 Å². The molecule has 2 aromatic heterocycles. The van der Waals surface area contributed by atoms with Gasteiger partial charge in [-0.3, -0.25) is 9.59 Å². The summed E-state index contributed by atoms with van der Waals surface area (Å²) >= 11 is 16.3. The standard InChI is InChI=1S/C22H20Br3ClN6O4/c1-3-8-31(30(4-2)22(35)36)21(34)13-9-12(23)10-14(24)18(13)28-20(33)16-11-17(25)29-32(16)19-15(26)6-5-7-27-19/h5-7,9-11H,3-4,8H2,1-2H3,(H,28,33)(H,35,36). The summed E-state index contributed by atoms with van der Waals surface area (Å²) in [5, 5.41) is 19.0. The number of pyridine rings is 1. The number of carbonyl (C=O) groups is 3. The molecule has 36 heavy (non-hydrogen) atoms. The van der Waals surface area contributed by atoms with Gasteiger partial charge in [0, 0.05) is 34.3 Å². The van der Waals surface area contributed by atoms with Crippen molar-refractivity contribution >= 4 is 83.0 Å². The molecular weight excluding hydrogens is 687 g/mol. The minimum atomic E-state index is -1.26. The van der Waals surface area contributed by atoms with E-state index in [4.69, 9.17) is 11.6 Å². The van der Waals surface area contributed by atoms with Gasteiger partial charge in [-0.1, -0.05) is 34.5 Å². The summed E-state index contributed by atoms with van der Waals surface area (Å²) in [6.07, 6.45) is 0.773. The number of carboxylic acid groups (broad SMARTS) is 1. The lowest BCUT2D eigenvalue weighted by atomic mass is 10.1. The third-order valence-corrected chi connectivity index (χ3v) is 6.62. The molecule has 0 spiro atoms. The normalized spacial score (nSPS) is 10.7. The van der Waals surface area contributed by atoms with Crippen LogP contribution in [0.2, 0.25) is 5.02 Å². The number of carbonyl (C=O) groups excluding carboxylic acids is 2. The minimum Gasteiger partial charge on any atom is -0.464 e. The zero-order chi connectivity index (χ0) is 26.6. The van der Waals surface area contributed by atoms with Crippen LogP contribution in [0.1, 0.15) is 41.1 Å². The third-order valence-electron chi connectivity index (χ3n) is 4.86. The number of benzene rings is 1. The molecule has 1 aromatic carbocycles. The summed E-state index contributed by atoms with van der Waals surface area (Å²) in [6, 6.07) is 7.94. The van der Waals surface area contributed by atoms with E-state index in [0.717, 1.165) is 10.0 Å². The van der Waals surface area contributed by atoms with Crippen LogP contribution < -0.4 is 5.32 Å². The fraction of sp³-hybridized carbons (Fsp3) is 0.227. The molecule has 2 N–H and O–H groups in total. The molecule has 0 fully saturated rings.